The average molecular weight is 484 g/mol. The summed E-state index contributed by atoms with van der Waals surface area (Å²) in [5.74, 6) is -1.96. The van der Waals surface area contributed by atoms with E-state index in [0.29, 0.717) is 12.1 Å². The van der Waals surface area contributed by atoms with Crippen molar-refractivity contribution in [1.29, 1.82) is 0 Å². The van der Waals surface area contributed by atoms with E-state index in [0.717, 1.165) is 33.1 Å². The van der Waals surface area contributed by atoms with E-state index in [4.69, 9.17) is 4.74 Å². The highest BCUT2D eigenvalue weighted by Crippen LogP contribution is 2.29. The SMILES string of the molecule is COC(c1ccccc1)C(Cn1c(=O)n(Cc2cn(C)c3cccc(C)c23)c2ccccc21)C(=O)O. The highest BCUT2D eigenvalue weighted by molar-refractivity contribution is 5.87. The Morgan fingerprint density at radius 1 is 0.917 bits per heavy atom. The standard InChI is InChI=1S/C29H29N3O4/c1-19-10-9-15-25-26(19)21(16-30(25)2)17-31-23-13-7-8-14-24(23)32(29(31)35)18-22(28(33)34)27(36-3)20-11-5-4-6-12-20/h4-16,22,27H,17-18H2,1-3H3,(H,33,34). The zero-order valence-electron chi connectivity index (χ0n) is 20.6. The molecule has 0 amide bonds. The summed E-state index contributed by atoms with van der Waals surface area (Å²) in [6.45, 7) is 2.45. The van der Waals surface area contributed by atoms with Crippen molar-refractivity contribution in [3.05, 3.63) is 106 Å². The van der Waals surface area contributed by atoms with Gasteiger partial charge in [0.1, 0.15) is 5.92 Å². The van der Waals surface area contributed by atoms with Gasteiger partial charge in [-0.3, -0.25) is 13.9 Å². The molecule has 0 aliphatic carbocycles. The maximum Gasteiger partial charge on any atom is 0.329 e. The molecule has 0 aliphatic rings. The highest BCUT2D eigenvalue weighted by Gasteiger charge is 2.31. The van der Waals surface area contributed by atoms with Crippen LogP contribution < -0.4 is 5.69 Å². The van der Waals surface area contributed by atoms with Crippen LogP contribution in [-0.4, -0.2) is 31.9 Å². The first-order chi connectivity index (χ1) is 17.4. The van der Waals surface area contributed by atoms with Crippen LogP contribution in [0.2, 0.25) is 0 Å². The molecule has 7 nitrogen and oxygen atoms in total. The topological polar surface area (TPSA) is 78.4 Å². The van der Waals surface area contributed by atoms with Gasteiger partial charge in [-0.15, -0.1) is 0 Å². The molecule has 36 heavy (non-hydrogen) atoms. The summed E-state index contributed by atoms with van der Waals surface area (Å²) >= 11 is 0. The predicted molar refractivity (Wildman–Crippen MR) is 140 cm³/mol. The lowest BCUT2D eigenvalue weighted by Crippen LogP contribution is -2.33. The Balaban J connectivity index is 1.61. The number of methoxy groups -OCH3 is 1. The van der Waals surface area contributed by atoms with Crippen LogP contribution in [0, 0.1) is 12.8 Å². The van der Waals surface area contributed by atoms with E-state index in [-0.39, 0.29) is 12.2 Å². The zero-order chi connectivity index (χ0) is 25.4. The second-order valence-electron chi connectivity index (χ2n) is 9.21. The number of nitrogens with zero attached hydrogens (tertiary/aromatic N) is 3. The van der Waals surface area contributed by atoms with Crippen LogP contribution in [0.5, 0.6) is 0 Å². The van der Waals surface area contributed by atoms with Crippen LogP contribution in [0.3, 0.4) is 0 Å². The third-order valence-electron chi connectivity index (χ3n) is 7.00. The van der Waals surface area contributed by atoms with Gasteiger partial charge < -0.3 is 14.4 Å². The summed E-state index contributed by atoms with van der Waals surface area (Å²) in [5.41, 5.74) is 5.30. The maximum atomic E-state index is 13.8. The van der Waals surface area contributed by atoms with Crippen molar-refractivity contribution in [2.45, 2.75) is 26.1 Å². The zero-order valence-corrected chi connectivity index (χ0v) is 20.6. The van der Waals surface area contributed by atoms with Gasteiger partial charge in [0, 0.05) is 37.8 Å². The van der Waals surface area contributed by atoms with Crippen molar-refractivity contribution in [3.63, 3.8) is 0 Å². The number of aliphatic carboxylic acids is 1. The molecule has 0 spiro atoms. The fourth-order valence-electron chi connectivity index (χ4n) is 5.30. The van der Waals surface area contributed by atoms with E-state index in [9.17, 15) is 14.7 Å². The van der Waals surface area contributed by atoms with Crippen LogP contribution in [0.15, 0.2) is 83.8 Å². The van der Waals surface area contributed by atoms with E-state index in [1.54, 1.807) is 9.13 Å². The Kier molecular flexibility index (Phi) is 6.24. The molecule has 0 aliphatic heterocycles. The van der Waals surface area contributed by atoms with Crippen molar-refractivity contribution in [2.24, 2.45) is 13.0 Å². The van der Waals surface area contributed by atoms with Crippen LogP contribution in [-0.2, 0) is 29.7 Å². The maximum absolute atomic E-state index is 13.8. The highest BCUT2D eigenvalue weighted by atomic mass is 16.5. The largest absolute Gasteiger partial charge is 0.481 e. The number of aromatic nitrogens is 3. The van der Waals surface area contributed by atoms with Gasteiger partial charge in [0.25, 0.3) is 0 Å². The molecule has 0 saturated heterocycles. The Morgan fingerprint density at radius 2 is 1.56 bits per heavy atom. The Bertz CT molecular complexity index is 1610. The predicted octanol–water partition coefficient (Wildman–Crippen LogP) is 4.74. The summed E-state index contributed by atoms with van der Waals surface area (Å²) in [6, 6.07) is 23.0. The number of ether oxygens (including phenoxy) is 1. The number of hydrogen-bond acceptors (Lipinski definition) is 3. The van der Waals surface area contributed by atoms with E-state index < -0.39 is 18.0 Å². The summed E-state index contributed by atoms with van der Waals surface area (Å²) in [7, 11) is 3.51. The quantitative estimate of drug-likeness (QED) is 0.346. The van der Waals surface area contributed by atoms with Crippen LogP contribution in [0.4, 0.5) is 0 Å². The van der Waals surface area contributed by atoms with Crippen molar-refractivity contribution in [3.8, 4) is 0 Å². The van der Waals surface area contributed by atoms with E-state index in [2.05, 4.69) is 29.8 Å². The second-order valence-corrected chi connectivity index (χ2v) is 9.21. The number of aryl methyl sites for hydroxylation is 2. The lowest BCUT2D eigenvalue weighted by Gasteiger charge is -2.23. The van der Waals surface area contributed by atoms with Crippen molar-refractivity contribution >= 4 is 27.9 Å². The molecule has 1 N–H and O–H groups in total. The monoisotopic (exact) mass is 483 g/mol. The van der Waals surface area contributed by atoms with Crippen molar-refractivity contribution < 1.29 is 14.6 Å². The van der Waals surface area contributed by atoms with Crippen molar-refractivity contribution in [2.75, 3.05) is 7.11 Å². The number of fused-ring (bicyclic) bond motifs is 2. The fraction of sp³-hybridized carbons (Fsp3) is 0.241. The van der Waals surface area contributed by atoms with Crippen LogP contribution >= 0.6 is 0 Å². The number of carboxylic acids is 1. The lowest BCUT2D eigenvalue weighted by molar-refractivity contribution is -0.147. The van der Waals surface area contributed by atoms with Gasteiger partial charge in [0.15, 0.2) is 0 Å². The smallest absolute Gasteiger partial charge is 0.329 e. The first-order valence-electron chi connectivity index (χ1n) is 11.9. The van der Waals surface area contributed by atoms with Gasteiger partial charge in [-0.1, -0.05) is 54.6 Å². The molecule has 2 aromatic heterocycles. The van der Waals surface area contributed by atoms with Gasteiger partial charge in [-0.05, 0) is 41.8 Å². The molecule has 5 aromatic rings. The molecular formula is C29H29N3O4. The molecule has 2 heterocycles. The summed E-state index contributed by atoms with van der Waals surface area (Å²) in [4.78, 5) is 26.2. The number of carboxylic acid groups (broad SMARTS) is 1. The molecule has 2 atom stereocenters. The normalized spacial score (nSPS) is 13.3. The number of rotatable bonds is 8. The average Bonchev–Trinajstić information content (AvgIpc) is 3.34. The molecule has 5 rings (SSSR count). The minimum Gasteiger partial charge on any atom is -0.481 e. The molecule has 184 valence electrons. The van der Waals surface area contributed by atoms with Gasteiger partial charge in [-0.25, -0.2) is 4.79 Å². The second kappa shape index (κ2) is 9.51. The third kappa shape index (κ3) is 4.01. The molecule has 0 saturated carbocycles. The van der Waals surface area contributed by atoms with Gasteiger partial charge in [0.05, 0.1) is 23.7 Å². The summed E-state index contributed by atoms with van der Waals surface area (Å²) in [5, 5.41) is 11.3. The molecule has 3 aromatic carbocycles. The summed E-state index contributed by atoms with van der Waals surface area (Å²) < 4.78 is 11.0. The van der Waals surface area contributed by atoms with E-state index in [1.807, 2.05) is 67.7 Å². The Morgan fingerprint density at radius 3 is 2.22 bits per heavy atom. The molecule has 0 fully saturated rings. The number of carbonyl (C=O) groups is 1. The molecule has 0 bridgehead atoms. The van der Waals surface area contributed by atoms with E-state index in [1.165, 1.54) is 7.11 Å². The van der Waals surface area contributed by atoms with Gasteiger partial charge in [-0.2, -0.15) is 0 Å². The Labute approximate surface area is 208 Å². The first kappa shape index (κ1) is 23.6. The molecule has 7 heteroatoms. The lowest BCUT2D eigenvalue weighted by atomic mass is 9.95. The van der Waals surface area contributed by atoms with Gasteiger partial charge in [0.2, 0.25) is 0 Å². The molecular weight excluding hydrogens is 454 g/mol. The van der Waals surface area contributed by atoms with Crippen LogP contribution in [0.25, 0.3) is 21.9 Å². The number of hydrogen-bond donors (Lipinski definition) is 1. The van der Waals surface area contributed by atoms with E-state index >= 15 is 0 Å². The summed E-state index contributed by atoms with van der Waals surface area (Å²) in [6.07, 6.45) is 1.37. The van der Waals surface area contributed by atoms with Crippen molar-refractivity contribution in [1.82, 2.24) is 13.7 Å². The Hall–Kier alpha value is -4.10. The van der Waals surface area contributed by atoms with Gasteiger partial charge >= 0.3 is 11.7 Å². The first-order valence-corrected chi connectivity index (χ1v) is 11.9. The minimum absolute atomic E-state index is 0.0103. The number of benzene rings is 3. The number of para-hydroxylation sites is 2. The molecule has 0 radical (unpaired) electrons. The fourth-order valence-corrected chi connectivity index (χ4v) is 5.30. The molecule has 2 unspecified atom stereocenters. The minimum atomic E-state index is -1.01. The van der Waals surface area contributed by atoms with Crippen LogP contribution in [0.1, 0.15) is 22.8 Å². The number of imidazole rings is 1. The third-order valence-corrected chi connectivity index (χ3v) is 7.00.